The van der Waals surface area contributed by atoms with Crippen LogP contribution in [0.4, 0.5) is 5.69 Å². The Morgan fingerprint density at radius 2 is 2.15 bits per heavy atom. The number of anilines is 1. The molecule has 0 aromatic heterocycles. The highest BCUT2D eigenvalue weighted by atomic mass is 16.5. The molecule has 0 bridgehead atoms. The van der Waals surface area contributed by atoms with Crippen molar-refractivity contribution in [2.45, 2.75) is 31.7 Å². The third-order valence-electron chi connectivity index (χ3n) is 3.44. The minimum Gasteiger partial charge on any atom is -0.493 e. The fourth-order valence-electron chi connectivity index (χ4n) is 2.28. The number of rotatable bonds is 7. The Morgan fingerprint density at radius 3 is 2.80 bits per heavy atom. The highest BCUT2D eigenvalue weighted by Crippen LogP contribution is 2.16. The van der Waals surface area contributed by atoms with Crippen LogP contribution in [0, 0.1) is 0 Å². The largest absolute Gasteiger partial charge is 0.493 e. The molecule has 1 fully saturated rings. The number of hydrogen-bond acceptors (Lipinski definition) is 4. The predicted octanol–water partition coefficient (Wildman–Crippen LogP) is 1.49. The van der Waals surface area contributed by atoms with Crippen molar-refractivity contribution in [1.82, 2.24) is 5.32 Å². The number of nitrogens with one attached hydrogen (secondary N) is 2. The van der Waals surface area contributed by atoms with Gasteiger partial charge < -0.3 is 21.1 Å². The number of nitrogens with two attached hydrogens (primary N) is 1. The highest BCUT2D eigenvalue weighted by Gasteiger charge is 2.11. The maximum Gasteiger partial charge on any atom is 0.220 e. The molecule has 0 spiro atoms. The fourth-order valence-corrected chi connectivity index (χ4v) is 2.28. The SMILES string of the molecule is NC(=O)CCOc1ccc(NCC2CCCCN2)cc1. The first kappa shape index (κ1) is 14.7. The number of piperidine rings is 1. The third-order valence-corrected chi connectivity index (χ3v) is 3.44. The maximum absolute atomic E-state index is 10.6. The average Bonchev–Trinajstić information content (AvgIpc) is 2.47. The monoisotopic (exact) mass is 277 g/mol. The first-order valence-electron chi connectivity index (χ1n) is 7.22. The van der Waals surface area contributed by atoms with E-state index < -0.39 is 0 Å². The van der Waals surface area contributed by atoms with E-state index in [1.165, 1.54) is 19.3 Å². The van der Waals surface area contributed by atoms with Crippen molar-refractivity contribution in [3.8, 4) is 5.75 Å². The van der Waals surface area contributed by atoms with E-state index in [0.717, 1.165) is 24.5 Å². The topological polar surface area (TPSA) is 76.4 Å². The molecule has 1 heterocycles. The van der Waals surface area contributed by atoms with Gasteiger partial charge >= 0.3 is 0 Å². The van der Waals surface area contributed by atoms with Gasteiger partial charge in [0.05, 0.1) is 13.0 Å². The van der Waals surface area contributed by atoms with Gasteiger partial charge in [-0.2, -0.15) is 0 Å². The summed E-state index contributed by atoms with van der Waals surface area (Å²) < 4.78 is 5.43. The van der Waals surface area contributed by atoms with Crippen LogP contribution in [0.3, 0.4) is 0 Å². The molecule has 1 aliphatic rings. The van der Waals surface area contributed by atoms with Crippen LogP contribution < -0.4 is 21.1 Å². The lowest BCUT2D eigenvalue weighted by atomic mass is 10.1. The lowest BCUT2D eigenvalue weighted by Gasteiger charge is -2.24. The molecule has 5 heteroatoms. The molecule has 1 aliphatic heterocycles. The van der Waals surface area contributed by atoms with Crippen molar-refractivity contribution in [1.29, 1.82) is 0 Å². The lowest BCUT2D eigenvalue weighted by Crippen LogP contribution is -2.39. The number of amides is 1. The van der Waals surface area contributed by atoms with E-state index in [9.17, 15) is 4.79 Å². The summed E-state index contributed by atoms with van der Waals surface area (Å²) in [5.74, 6) is 0.413. The minimum atomic E-state index is -0.344. The number of benzene rings is 1. The molecule has 0 saturated carbocycles. The molecule has 1 aromatic rings. The summed E-state index contributed by atoms with van der Waals surface area (Å²) in [6.07, 6.45) is 4.08. The van der Waals surface area contributed by atoms with Crippen molar-refractivity contribution in [3.05, 3.63) is 24.3 Å². The van der Waals surface area contributed by atoms with Crippen LogP contribution in [0.2, 0.25) is 0 Å². The number of hydrogen-bond donors (Lipinski definition) is 3. The number of ether oxygens (including phenoxy) is 1. The second-order valence-corrected chi connectivity index (χ2v) is 5.12. The van der Waals surface area contributed by atoms with Gasteiger partial charge in [-0.05, 0) is 43.7 Å². The summed E-state index contributed by atoms with van der Waals surface area (Å²) in [7, 11) is 0. The van der Waals surface area contributed by atoms with E-state index in [0.29, 0.717) is 12.6 Å². The molecule has 1 atom stereocenters. The quantitative estimate of drug-likeness (QED) is 0.706. The second-order valence-electron chi connectivity index (χ2n) is 5.12. The molecule has 1 aromatic carbocycles. The van der Waals surface area contributed by atoms with Crippen LogP contribution in [0.15, 0.2) is 24.3 Å². The summed E-state index contributed by atoms with van der Waals surface area (Å²) in [6, 6.07) is 8.34. The lowest BCUT2D eigenvalue weighted by molar-refractivity contribution is -0.118. The van der Waals surface area contributed by atoms with Crippen LogP contribution in [-0.2, 0) is 4.79 Å². The van der Waals surface area contributed by atoms with Crippen molar-refractivity contribution in [2.75, 3.05) is 25.0 Å². The Bertz CT molecular complexity index is 414. The molecule has 20 heavy (non-hydrogen) atoms. The smallest absolute Gasteiger partial charge is 0.220 e. The van der Waals surface area contributed by atoms with Gasteiger partial charge in [0.2, 0.25) is 5.91 Å². The number of carbonyl (C=O) groups is 1. The maximum atomic E-state index is 10.6. The summed E-state index contributed by atoms with van der Waals surface area (Å²) in [6.45, 7) is 2.40. The molecule has 0 radical (unpaired) electrons. The highest BCUT2D eigenvalue weighted by molar-refractivity contribution is 5.73. The van der Waals surface area contributed by atoms with E-state index in [1.54, 1.807) is 0 Å². The Balaban J connectivity index is 1.71. The molecule has 110 valence electrons. The standard InChI is InChI=1S/C15H23N3O2/c16-15(19)8-10-20-14-6-4-12(5-7-14)18-11-13-3-1-2-9-17-13/h4-7,13,17-18H,1-3,8-11H2,(H2,16,19). The zero-order chi connectivity index (χ0) is 14.2. The van der Waals surface area contributed by atoms with Crippen LogP contribution in [0.5, 0.6) is 5.75 Å². The average molecular weight is 277 g/mol. The van der Waals surface area contributed by atoms with Gasteiger partial charge in [-0.25, -0.2) is 0 Å². The van der Waals surface area contributed by atoms with Crippen molar-refractivity contribution < 1.29 is 9.53 Å². The van der Waals surface area contributed by atoms with E-state index in [4.69, 9.17) is 10.5 Å². The zero-order valence-electron chi connectivity index (χ0n) is 11.7. The van der Waals surface area contributed by atoms with Crippen LogP contribution in [0.25, 0.3) is 0 Å². The Labute approximate surface area is 119 Å². The zero-order valence-corrected chi connectivity index (χ0v) is 11.7. The third kappa shape index (κ3) is 5.09. The molecule has 1 saturated heterocycles. The van der Waals surface area contributed by atoms with Crippen molar-refractivity contribution in [3.63, 3.8) is 0 Å². The molecular formula is C15H23N3O2. The Hall–Kier alpha value is -1.75. The van der Waals surface area contributed by atoms with E-state index in [-0.39, 0.29) is 12.3 Å². The van der Waals surface area contributed by atoms with Gasteiger partial charge in [-0.1, -0.05) is 6.42 Å². The second kappa shape index (κ2) is 7.75. The molecule has 1 amide bonds. The minimum absolute atomic E-state index is 0.243. The number of primary amides is 1. The first-order valence-corrected chi connectivity index (χ1v) is 7.22. The fraction of sp³-hybridized carbons (Fsp3) is 0.533. The van der Waals surface area contributed by atoms with Crippen LogP contribution in [0.1, 0.15) is 25.7 Å². The Kier molecular flexibility index (Phi) is 5.68. The van der Waals surface area contributed by atoms with Gasteiger partial charge in [0.1, 0.15) is 5.75 Å². The predicted molar refractivity (Wildman–Crippen MR) is 79.9 cm³/mol. The van der Waals surface area contributed by atoms with Crippen LogP contribution in [-0.4, -0.2) is 31.6 Å². The summed E-state index contributed by atoms with van der Waals surface area (Å²) in [5.41, 5.74) is 6.14. The Morgan fingerprint density at radius 1 is 1.35 bits per heavy atom. The van der Waals surface area contributed by atoms with Gasteiger partial charge in [-0.15, -0.1) is 0 Å². The molecule has 5 nitrogen and oxygen atoms in total. The van der Waals surface area contributed by atoms with Gasteiger partial charge in [0.25, 0.3) is 0 Å². The normalized spacial score (nSPS) is 18.5. The summed E-state index contributed by atoms with van der Waals surface area (Å²) >= 11 is 0. The number of carbonyl (C=O) groups excluding carboxylic acids is 1. The van der Waals surface area contributed by atoms with E-state index in [2.05, 4.69) is 10.6 Å². The van der Waals surface area contributed by atoms with E-state index >= 15 is 0 Å². The summed E-state index contributed by atoms with van der Waals surface area (Å²) in [5, 5.41) is 6.93. The molecule has 4 N–H and O–H groups in total. The first-order chi connectivity index (χ1) is 9.74. The van der Waals surface area contributed by atoms with Gasteiger partial charge in [0, 0.05) is 18.3 Å². The van der Waals surface area contributed by atoms with Crippen molar-refractivity contribution >= 4 is 11.6 Å². The van der Waals surface area contributed by atoms with Crippen molar-refractivity contribution in [2.24, 2.45) is 5.73 Å². The summed E-state index contributed by atoms with van der Waals surface area (Å²) in [4.78, 5) is 10.6. The molecular weight excluding hydrogens is 254 g/mol. The molecule has 2 rings (SSSR count). The molecule has 1 unspecified atom stereocenters. The van der Waals surface area contributed by atoms with Gasteiger partial charge in [-0.3, -0.25) is 4.79 Å². The van der Waals surface area contributed by atoms with Crippen LogP contribution >= 0.6 is 0 Å². The molecule has 0 aliphatic carbocycles. The van der Waals surface area contributed by atoms with E-state index in [1.807, 2.05) is 24.3 Å². The van der Waals surface area contributed by atoms with Gasteiger partial charge in [0.15, 0.2) is 0 Å².